The number of aryl methyl sites for hydroxylation is 1. The molecule has 0 amide bonds. The number of benzene rings is 1. The summed E-state index contributed by atoms with van der Waals surface area (Å²) in [7, 11) is 0. The second-order valence-electron chi connectivity index (χ2n) is 5.59. The molecule has 2 nitrogen and oxygen atoms in total. The van der Waals surface area contributed by atoms with Crippen LogP contribution in [0.4, 0.5) is 0 Å². The fraction of sp³-hybridized carbons (Fsp3) is 0.600. The topological polar surface area (TPSA) is 35.2 Å². The van der Waals surface area contributed by atoms with Gasteiger partial charge in [0.2, 0.25) is 0 Å². The Balaban J connectivity index is 2.24. The molecule has 0 bridgehead atoms. The van der Waals surface area contributed by atoms with Gasteiger partial charge in [0, 0.05) is 0 Å². The molecule has 1 aliphatic rings. The molecule has 0 saturated heterocycles. The van der Waals surface area contributed by atoms with E-state index >= 15 is 0 Å². The first-order chi connectivity index (χ1) is 8.02. The van der Waals surface area contributed by atoms with Crippen molar-refractivity contribution in [1.29, 1.82) is 0 Å². The van der Waals surface area contributed by atoms with Crippen molar-refractivity contribution in [3.05, 3.63) is 29.3 Å². The first kappa shape index (κ1) is 12.4. The highest BCUT2D eigenvalue weighted by Gasteiger charge is 2.57. The molecule has 1 aromatic carbocycles. The highest BCUT2D eigenvalue weighted by molar-refractivity contribution is 5.42. The molecule has 1 aliphatic carbocycles. The van der Waals surface area contributed by atoms with Crippen LogP contribution in [0, 0.1) is 18.3 Å². The lowest BCUT2D eigenvalue weighted by atomic mass is 9.99. The van der Waals surface area contributed by atoms with E-state index < -0.39 is 0 Å². The molecule has 94 valence electrons. The minimum Gasteiger partial charge on any atom is -0.494 e. The van der Waals surface area contributed by atoms with Gasteiger partial charge in [-0.2, -0.15) is 0 Å². The van der Waals surface area contributed by atoms with E-state index in [0.717, 1.165) is 18.9 Å². The number of hydrogen-bond acceptors (Lipinski definition) is 2. The van der Waals surface area contributed by atoms with Crippen LogP contribution >= 0.6 is 0 Å². The lowest BCUT2D eigenvalue weighted by Crippen LogP contribution is -2.05. The van der Waals surface area contributed by atoms with Gasteiger partial charge in [0.15, 0.2) is 0 Å². The normalized spacial score (nSPS) is 25.7. The largest absolute Gasteiger partial charge is 0.494 e. The Kier molecular flexibility index (Phi) is 3.17. The molecule has 1 saturated carbocycles. The second kappa shape index (κ2) is 4.34. The molecule has 1 aromatic rings. The maximum atomic E-state index is 5.84. The van der Waals surface area contributed by atoms with Gasteiger partial charge in [-0.1, -0.05) is 19.9 Å². The molecule has 0 heterocycles. The molecule has 0 aliphatic heterocycles. The Labute approximate surface area is 104 Å². The minimum absolute atomic E-state index is 0.354. The molecular formula is C15H23NO. The van der Waals surface area contributed by atoms with Gasteiger partial charge in [-0.05, 0) is 60.9 Å². The molecule has 0 unspecified atom stereocenters. The minimum atomic E-state index is 0.354. The van der Waals surface area contributed by atoms with Crippen LogP contribution in [0.15, 0.2) is 18.2 Å². The van der Waals surface area contributed by atoms with Crippen LogP contribution in [0.1, 0.15) is 37.8 Å². The van der Waals surface area contributed by atoms with Gasteiger partial charge in [0.05, 0.1) is 6.61 Å². The Morgan fingerprint density at radius 3 is 2.53 bits per heavy atom. The van der Waals surface area contributed by atoms with Gasteiger partial charge in [0.1, 0.15) is 5.75 Å². The van der Waals surface area contributed by atoms with Crippen molar-refractivity contribution >= 4 is 0 Å². The summed E-state index contributed by atoms with van der Waals surface area (Å²) in [6, 6.07) is 6.43. The number of ether oxygens (including phenoxy) is 1. The predicted molar refractivity (Wildman–Crippen MR) is 71.4 cm³/mol. The molecular weight excluding hydrogens is 210 g/mol. The Bertz CT molecular complexity index is 411. The number of hydrogen-bond donors (Lipinski definition) is 1. The lowest BCUT2D eigenvalue weighted by molar-refractivity contribution is 0.340. The van der Waals surface area contributed by atoms with E-state index in [1.807, 2.05) is 6.92 Å². The van der Waals surface area contributed by atoms with Gasteiger partial charge in [-0.3, -0.25) is 0 Å². The molecule has 1 fully saturated rings. The van der Waals surface area contributed by atoms with E-state index in [9.17, 15) is 0 Å². The molecule has 0 aromatic heterocycles. The highest BCUT2D eigenvalue weighted by Crippen LogP contribution is 2.64. The van der Waals surface area contributed by atoms with Crippen LogP contribution in [-0.2, 0) is 0 Å². The highest BCUT2D eigenvalue weighted by atomic mass is 16.5. The Morgan fingerprint density at radius 2 is 2.06 bits per heavy atom. The fourth-order valence-corrected chi connectivity index (χ4v) is 3.06. The quantitative estimate of drug-likeness (QED) is 0.867. The summed E-state index contributed by atoms with van der Waals surface area (Å²) in [5.74, 6) is 2.21. The van der Waals surface area contributed by atoms with E-state index in [1.54, 1.807) is 0 Å². The molecule has 2 N–H and O–H groups in total. The summed E-state index contributed by atoms with van der Waals surface area (Å²) in [6.45, 7) is 10.3. The van der Waals surface area contributed by atoms with Crippen molar-refractivity contribution in [1.82, 2.24) is 0 Å². The maximum absolute atomic E-state index is 5.84. The molecule has 2 heteroatoms. The monoisotopic (exact) mass is 233 g/mol. The average molecular weight is 233 g/mol. The van der Waals surface area contributed by atoms with Crippen LogP contribution in [0.2, 0.25) is 0 Å². The summed E-state index contributed by atoms with van der Waals surface area (Å²) in [4.78, 5) is 0. The maximum Gasteiger partial charge on any atom is 0.119 e. The van der Waals surface area contributed by atoms with Gasteiger partial charge >= 0.3 is 0 Å². The molecule has 17 heavy (non-hydrogen) atoms. The van der Waals surface area contributed by atoms with Gasteiger partial charge in [0.25, 0.3) is 0 Å². The van der Waals surface area contributed by atoms with Crippen LogP contribution in [-0.4, -0.2) is 13.2 Å². The third-order valence-electron chi connectivity index (χ3n) is 4.19. The second-order valence-corrected chi connectivity index (χ2v) is 5.59. The van der Waals surface area contributed by atoms with E-state index in [2.05, 4.69) is 39.0 Å². The summed E-state index contributed by atoms with van der Waals surface area (Å²) in [5, 5.41) is 0. The first-order valence-electron chi connectivity index (χ1n) is 6.45. The first-order valence-corrected chi connectivity index (χ1v) is 6.45. The van der Waals surface area contributed by atoms with Crippen LogP contribution in [0.3, 0.4) is 0 Å². The summed E-state index contributed by atoms with van der Waals surface area (Å²) in [5.41, 5.74) is 8.96. The van der Waals surface area contributed by atoms with Crippen molar-refractivity contribution in [2.24, 2.45) is 17.1 Å². The smallest absolute Gasteiger partial charge is 0.119 e. The lowest BCUT2D eigenvalue weighted by Gasteiger charge is -2.10. The molecule has 2 rings (SSSR count). The van der Waals surface area contributed by atoms with Crippen LogP contribution < -0.4 is 10.5 Å². The zero-order valence-electron chi connectivity index (χ0n) is 11.3. The van der Waals surface area contributed by atoms with Gasteiger partial charge in [-0.25, -0.2) is 0 Å². The standard InChI is InChI=1S/C15H23NO/c1-5-17-11-6-7-12(10(2)8-11)14-13(9-16)15(14,3)4/h6-8,13-14H,5,9,16H2,1-4H3/t13-,14-/m1/s1. The zero-order valence-corrected chi connectivity index (χ0v) is 11.3. The van der Waals surface area contributed by atoms with Crippen molar-refractivity contribution in [3.8, 4) is 5.75 Å². The molecule has 2 atom stereocenters. The van der Waals surface area contributed by atoms with E-state index in [0.29, 0.717) is 17.3 Å². The van der Waals surface area contributed by atoms with Crippen molar-refractivity contribution in [2.45, 2.75) is 33.6 Å². The number of rotatable bonds is 4. The Hall–Kier alpha value is -1.02. The van der Waals surface area contributed by atoms with Crippen LogP contribution in [0.25, 0.3) is 0 Å². The van der Waals surface area contributed by atoms with Gasteiger partial charge < -0.3 is 10.5 Å². The summed E-state index contributed by atoms with van der Waals surface area (Å²) < 4.78 is 5.52. The third-order valence-corrected chi connectivity index (χ3v) is 4.19. The van der Waals surface area contributed by atoms with E-state index in [1.165, 1.54) is 11.1 Å². The predicted octanol–water partition coefficient (Wildman–Crippen LogP) is 3.09. The molecule has 0 spiro atoms. The van der Waals surface area contributed by atoms with E-state index in [-0.39, 0.29) is 0 Å². The van der Waals surface area contributed by atoms with Crippen LogP contribution in [0.5, 0.6) is 5.75 Å². The van der Waals surface area contributed by atoms with Gasteiger partial charge in [-0.15, -0.1) is 0 Å². The molecule has 0 radical (unpaired) electrons. The van der Waals surface area contributed by atoms with Crippen molar-refractivity contribution in [2.75, 3.05) is 13.2 Å². The SMILES string of the molecule is CCOc1ccc([C@@H]2[C@@H](CN)C2(C)C)c(C)c1. The fourth-order valence-electron chi connectivity index (χ4n) is 3.06. The van der Waals surface area contributed by atoms with E-state index in [4.69, 9.17) is 10.5 Å². The Morgan fingerprint density at radius 1 is 1.35 bits per heavy atom. The van der Waals surface area contributed by atoms with Crippen molar-refractivity contribution < 1.29 is 4.74 Å². The average Bonchev–Trinajstić information content (AvgIpc) is 2.81. The third kappa shape index (κ3) is 2.06. The van der Waals surface area contributed by atoms with Crippen molar-refractivity contribution in [3.63, 3.8) is 0 Å². The zero-order chi connectivity index (χ0) is 12.6. The summed E-state index contributed by atoms with van der Waals surface area (Å²) in [6.07, 6.45) is 0. The number of nitrogens with two attached hydrogens (primary N) is 1. The summed E-state index contributed by atoms with van der Waals surface area (Å²) >= 11 is 0.